The van der Waals surface area contributed by atoms with Gasteiger partial charge >= 0.3 is 5.91 Å². The molecule has 0 saturated heterocycles. The van der Waals surface area contributed by atoms with Crippen LogP contribution in [0.15, 0.2) is 65.1 Å². The van der Waals surface area contributed by atoms with Crippen LogP contribution in [0.2, 0.25) is 0 Å². The first kappa shape index (κ1) is 19.4. The van der Waals surface area contributed by atoms with Gasteiger partial charge in [-0.05, 0) is 54.2 Å². The average Bonchev–Trinajstić information content (AvgIpc) is 3.21. The van der Waals surface area contributed by atoms with Crippen molar-refractivity contribution in [3.05, 3.63) is 77.8 Å². The van der Waals surface area contributed by atoms with Crippen LogP contribution < -0.4 is 20.9 Å². The Morgan fingerprint density at radius 3 is 2.54 bits per heavy atom. The van der Waals surface area contributed by atoms with Crippen LogP contribution >= 0.6 is 12.2 Å². The van der Waals surface area contributed by atoms with Gasteiger partial charge in [0.15, 0.2) is 10.9 Å². The van der Waals surface area contributed by atoms with Crippen molar-refractivity contribution >= 4 is 23.2 Å². The number of furan rings is 1. The van der Waals surface area contributed by atoms with Crippen molar-refractivity contribution in [2.45, 2.75) is 6.54 Å². The lowest BCUT2D eigenvalue weighted by Crippen LogP contribution is -2.46. The van der Waals surface area contributed by atoms with Crippen LogP contribution in [-0.4, -0.2) is 18.1 Å². The van der Waals surface area contributed by atoms with Crippen molar-refractivity contribution in [2.24, 2.45) is 0 Å². The Labute approximate surface area is 166 Å². The van der Waals surface area contributed by atoms with E-state index in [1.165, 1.54) is 18.2 Å². The predicted octanol–water partition coefficient (Wildman–Crippen LogP) is 3.40. The fourth-order valence-corrected chi connectivity index (χ4v) is 2.53. The molecule has 144 valence electrons. The third-order valence-electron chi connectivity index (χ3n) is 3.87. The number of carbonyl (C=O) groups is 1. The van der Waals surface area contributed by atoms with E-state index in [4.69, 9.17) is 21.4 Å². The summed E-state index contributed by atoms with van der Waals surface area (Å²) in [5, 5.41) is 3.21. The minimum absolute atomic E-state index is 0.0312. The third-order valence-corrected chi connectivity index (χ3v) is 4.12. The highest BCUT2D eigenvalue weighted by atomic mass is 32.1. The minimum Gasteiger partial charge on any atom is -0.497 e. The number of benzene rings is 2. The molecule has 0 radical (unpaired) electrons. The van der Waals surface area contributed by atoms with E-state index in [1.807, 2.05) is 24.3 Å². The number of ether oxygens (including phenoxy) is 1. The molecule has 0 aliphatic carbocycles. The summed E-state index contributed by atoms with van der Waals surface area (Å²) < 4.78 is 24.3. The molecule has 3 rings (SSSR count). The number of halogens is 1. The maximum Gasteiger partial charge on any atom is 0.305 e. The second-order valence-electron chi connectivity index (χ2n) is 5.75. The van der Waals surface area contributed by atoms with Gasteiger partial charge < -0.3 is 14.5 Å². The smallest absolute Gasteiger partial charge is 0.305 e. The zero-order chi connectivity index (χ0) is 19.9. The first-order valence-electron chi connectivity index (χ1n) is 8.38. The molecular weight excluding hydrogens is 381 g/mol. The molecule has 2 aromatic carbocycles. The number of amides is 1. The Morgan fingerprint density at radius 1 is 1.07 bits per heavy atom. The molecular formula is C20H18FN3O3S. The Morgan fingerprint density at radius 2 is 1.82 bits per heavy atom. The quantitative estimate of drug-likeness (QED) is 0.451. The number of hydrogen-bond donors (Lipinski definition) is 3. The van der Waals surface area contributed by atoms with Crippen LogP contribution in [0.5, 0.6) is 5.75 Å². The van der Waals surface area contributed by atoms with E-state index >= 15 is 0 Å². The molecule has 1 heterocycles. The first-order valence-corrected chi connectivity index (χ1v) is 8.79. The molecule has 0 atom stereocenters. The number of hydrogen-bond acceptors (Lipinski definition) is 4. The number of methoxy groups -OCH3 is 1. The normalized spacial score (nSPS) is 10.2. The molecule has 0 aliphatic rings. The van der Waals surface area contributed by atoms with Gasteiger partial charge in [0, 0.05) is 6.54 Å². The molecule has 28 heavy (non-hydrogen) atoms. The monoisotopic (exact) mass is 399 g/mol. The third kappa shape index (κ3) is 4.86. The topological polar surface area (TPSA) is 75.5 Å². The van der Waals surface area contributed by atoms with Crippen LogP contribution in [-0.2, 0) is 6.54 Å². The van der Waals surface area contributed by atoms with Crippen LogP contribution in [0.4, 0.5) is 4.39 Å². The molecule has 1 aromatic heterocycles. The molecule has 3 N–H and O–H groups in total. The summed E-state index contributed by atoms with van der Waals surface area (Å²) in [5.74, 6) is 0.110. The molecule has 1 amide bonds. The van der Waals surface area contributed by atoms with Gasteiger partial charge in [-0.2, -0.15) is 0 Å². The average molecular weight is 399 g/mol. The minimum atomic E-state index is -0.531. The van der Waals surface area contributed by atoms with Crippen molar-refractivity contribution in [3.8, 4) is 17.1 Å². The summed E-state index contributed by atoms with van der Waals surface area (Å²) >= 11 is 5.13. The van der Waals surface area contributed by atoms with Gasteiger partial charge in [-0.1, -0.05) is 24.3 Å². The van der Waals surface area contributed by atoms with Crippen molar-refractivity contribution in [1.82, 2.24) is 16.2 Å². The van der Waals surface area contributed by atoms with E-state index in [0.29, 0.717) is 6.54 Å². The number of carbonyl (C=O) groups excluding carboxylic acids is 1. The standard InChI is InChI=1S/C20H18FN3O3S/c1-26-14-8-6-13(7-9-14)12-22-20(28)24-23-19(25)18-11-10-17(27-18)15-4-2-3-5-16(15)21/h2-11H,12H2,1H3,(H,23,25)(H2,22,24,28). The zero-order valence-electron chi connectivity index (χ0n) is 15.0. The number of rotatable bonds is 5. The highest BCUT2D eigenvalue weighted by molar-refractivity contribution is 7.80. The van der Waals surface area contributed by atoms with Crippen molar-refractivity contribution < 1.29 is 18.3 Å². The largest absolute Gasteiger partial charge is 0.497 e. The summed E-state index contributed by atoms with van der Waals surface area (Å²) in [5.41, 5.74) is 6.31. The first-order chi connectivity index (χ1) is 13.6. The van der Waals surface area contributed by atoms with Crippen LogP contribution in [0.25, 0.3) is 11.3 Å². The summed E-state index contributed by atoms with van der Waals surface area (Å²) in [7, 11) is 1.60. The Kier molecular flexibility index (Phi) is 6.23. The molecule has 0 saturated carbocycles. The molecule has 0 aliphatic heterocycles. The fourth-order valence-electron chi connectivity index (χ4n) is 2.41. The number of thiocarbonyl (C=S) groups is 1. The van der Waals surface area contributed by atoms with Gasteiger partial charge in [0.05, 0.1) is 12.7 Å². The Balaban J connectivity index is 1.49. The van der Waals surface area contributed by atoms with Gasteiger partial charge in [0.25, 0.3) is 0 Å². The van der Waals surface area contributed by atoms with E-state index in [9.17, 15) is 9.18 Å². The van der Waals surface area contributed by atoms with Crippen molar-refractivity contribution in [3.63, 3.8) is 0 Å². The van der Waals surface area contributed by atoms with E-state index in [-0.39, 0.29) is 22.2 Å². The number of nitrogens with one attached hydrogen (secondary N) is 3. The summed E-state index contributed by atoms with van der Waals surface area (Å²) in [6.07, 6.45) is 0. The predicted molar refractivity (Wildman–Crippen MR) is 107 cm³/mol. The lowest BCUT2D eigenvalue weighted by atomic mass is 10.1. The SMILES string of the molecule is COc1ccc(CNC(=S)NNC(=O)c2ccc(-c3ccccc3F)o2)cc1. The van der Waals surface area contributed by atoms with Gasteiger partial charge in [-0.25, -0.2) is 4.39 Å². The molecule has 6 nitrogen and oxygen atoms in total. The molecule has 3 aromatic rings. The maximum absolute atomic E-state index is 13.8. The van der Waals surface area contributed by atoms with Crippen LogP contribution in [0.1, 0.15) is 16.1 Å². The summed E-state index contributed by atoms with van der Waals surface area (Å²) in [6, 6.07) is 16.7. The Bertz CT molecular complexity index is 973. The zero-order valence-corrected chi connectivity index (χ0v) is 15.8. The van der Waals surface area contributed by atoms with Crippen molar-refractivity contribution in [2.75, 3.05) is 7.11 Å². The maximum atomic E-state index is 13.8. The van der Waals surface area contributed by atoms with Gasteiger partial charge in [-0.15, -0.1) is 0 Å². The molecule has 8 heteroatoms. The second-order valence-corrected chi connectivity index (χ2v) is 6.16. The second kappa shape index (κ2) is 9.01. The van der Waals surface area contributed by atoms with Crippen LogP contribution in [0.3, 0.4) is 0 Å². The highest BCUT2D eigenvalue weighted by Crippen LogP contribution is 2.24. The lowest BCUT2D eigenvalue weighted by Gasteiger charge is -2.11. The van der Waals surface area contributed by atoms with E-state index < -0.39 is 11.7 Å². The molecule has 0 unspecified atom stereocenters. The van der Waals surface area contributed by atoms with Gasteiger partial charge in [-0.3, -0.25) is 15.6 Å². The van der Waals surface area contributed by atoms with Crippen LogP contribution in [0, 0.1) is 5.82 Å². The van der Waals surface area contributed by atoms with Gasteiger partial charge in [0.1, 0.15) is 17.3 Å². The van der Waals surface area contributed by atoms with E-state index in [0.717, 1.165) is 11.3 Å². The molecule has 0 spiro atoms. The van der Waals surface area contributed by atoms with E-state index in [2.05, 4.69) is 16.2 Å². The van der Waals surface area contributed by atoms with Crippen molar-refractivity contribution in [1.29, 1.82) is 0 Å². The lowest BCUT2D eigenvalue weighted by molar-refractivity contribution is 0.0916. The van der Waals surface area contributed by atoms with Gasteiger partial charge in [0.2, 0.25) is 0 Å². The van der Waals surface area contributed by atoms with E-state index in [1.54, 1.807) is 25.3 Å². The highest BCUT2D eigenvalue weighted by Gasteiger charge is 2.14. The number of hydrazine groups is 1. The molecule has 0 bridgehead atoms. The fraction of sp³-hybridized carbons (Fsp3) is 0.100. The molecule has 0 fully saturated rings. The Hall–Kier alpha value is -3.39. The summed E-state index contributed by atoms with van der Waals surface area (Å²) in [4.78, 5) is 12.2. The summed E-state index contributed by atoms with van der Waals surface area (Å²) in [6.45, 7) is 0.476.